The van der Waals surface area contributed by atoms with E-state index in [-0.39, 0.29) is 11.9 Å². The van der Waals surface area contributed by atoms with Crippen molar-refractivity contribution in [2.45, 2.75) is 58.5 Å². The normalized spacial score (nSPS) is 14.6. The van der Waals surface area contributed by atoms with Crippen LogP contribution in [0.3, 0.4) is 0 Å². The van der Waals surface area contributed by atoms with E-state index >= 15 is 0 Å². The van der Waals surface area contributed by atoms with Gasteiger partial charge in [0, 0.05) is 12.1 Å². The molecule has 0 radical (unpaired) electrons. The van der Waals surface area contributed by atoms with Gasteiger partial charge in [-0.1, -0.05) is 38.3 Å². The van der Waals surface area contributed by atoms with Gasteiger partial charge in [-0.2, -0.15) is 0 Å². The second-order valence-corrected chi connectivity index (χ2v) is 4.84. The van der Waals surface area contributed by atoms with Crippen molar-refractivity contribution >= 4 is 0 Å². The van der Waals surface area contributed by atoms with Crippen LogP contribution in [0.15, 0.2) is 24.3 Å². The molecule has 0 spiro atoms. The Morgan fingerprint density at radius 3 is 2.65 bits per heavy atom. The van der Waals surface area contributed by atoms with Crippen LogP contribution >= 0.6 is 0 Å². The van der Waals surface area contributed by atoms with E-state index in [1.807, 2.05) is 6.07 Å². The first-order chi connectivity index (χ1) is 8.13. The molecule has 1 unspecified atom stereocenters. The second-order valence-electron chi connectivity index (χ2n) is 4.84. The highest BCUT2D eigenvalue weighted by molar-refractivity contribution is 5.19. The monoisotopic (exact) mass is 237 g/mol. The summed E-state index contributed by atoms with van der Waals surface area (Å²) in [5.74, 6) is -0.158. The fourth-order valence-electron chi connectivity index (χ4n) is 2.08. The zero-order chi connectivity index (χ0) is 12.7. The molecule has 2 heteroatoms. The van der Waals surface area contributed by atoms with E-state index in [2.05, 4.69) is 26.1 Å². The van der Waals surface area contributed by atoms with Gasteiger partial charge in [0.2, 0.25) is 0 Å². The van der Waals surface area contributed by atoms with Crippen LogP contribution in [0.25, 0.3) is 0 Å². The van der Waals surface area contributed by atoms with Gasteiger partial charge in [-0.05, 0) is 38.0 Å². The number of rotatable bonds is 7. The summed E-state index contributed by atoms with van der Waals surface area (Å²) in [6.07, 6.45) is 5.00. The van der Waals surface area contributed by atoms with Crippen LogP contribution in [-0.2, 0) is 0 Å². The summed E-state index contributed by atoms with van der Waals surface area (Å²) in [5, 5.41) is 3.52. The predicted molar refractivity (Wildman–Crippen MR) is 71.6 cm³/mol. The molecule has 2 atom stereocenters. The highest BCUT2D eigenvalue weighted by Gasteiger charge is 2.09. The smallest absolute Gasteiger partial charge is 0.123 e. The van der Waals surface area contributed by atoms with Crippen molar-refractivity contribution in [3.8, 4) is 0 Å². The average Bonchev–Trinajstić information content (AvgIpc) is 2.29. The molecule has 0 saturated carbocycles. The van der Waals surface area contributed by atoms with Gasteiger partial charge in [0.25, 0.3) is 0 Å². The Morgan fingerprint density at radius 2 is 2.00 bits per heavy atom. The second kappa shape index (κ2) is 7.44. The van der Waals surface area contributed by atoms with Gasteiger partial charge in [0.05, 0.1) is 0 Å². The molecular formula is C15H24FN. The van der Waals surface area contributed by atoms with Crippen LogP contribution in [-0.4, -0.2) is 6.04 Å². The molecule has 1 nitrogen and oxygen atoms in total. The van der Waals surface area contributed by atoms with E-state index in [9.17, 15) is 4.39 Å². The summed E-state index contributed by atoms with van der Waals surface area (Å²) in [6, 6.07) is 7.53. The largest absolute Gasteiger partial charge is 0.308 e. The highest BCUT2D eigenvalue weighted by Crippen LogP contribution is 2.15. The van der Waals surface area contributed by atoms with E-state index in [0.29, 0.717) is 6.04 Å². The lowest BCUT2D eigenvalue weighted by Gasteiger charge is -2.20. The molecule has 0 saturated heterocycles. The third-order valence-electron chi connectivity index (χ3n) is 3.12. The topological polar surface area (TPSA) is 12.0 Å². The molecule has 1 aromatic rings. The maximum absolute atomic E-state index is 13.1. The van der Waals surface area contributed by atoms with Gasteiger partial charge in [-0.3, -0.25) is 0 Å². The number of halogens is 1. The highest BCUT2D eigenvalue weighted by atomic mass is 19.1. The maximum atomic E-state index is 13.1. The Balaban J connectivity index is 2.40. The molecule has 0 amide bonds. The zero-order valence-electron chi connectivity index (χ0n) is 11.2. The lowest BCUT2D eigenvalue weighted by molar-refractivity contribution is 0.439. The van der Waals surface area contributed by atoms with Crippen LogP contribution in [0, 0.1) is 5.82 Å². The minimum atomic E-state index is -0.158. The van der Waals surface area contributed by atoms with E-state index in [0.717, 1.165) is 5.56 Å². The lowest BCUT2D eigenvalue weighted by atomic mass is 10.1. The molecule has 0 fully saturated rings. The number of hydrogen-bond acceptors (Lipinski definition) is 1. The first-order valence-corrected chi connectivity index (χ1v) is 6.65. The molecule has 0 aliphatic rings. The molecular weight excluding hydrogens is 213 g/mol. The molecule has 96 valence electrons. The quantitative estimate of drug-likeness (QED) is 0.691. The first-order valence-electron chi connectivity index (χ1n) is 6.65. The van der Waals surface area contributed by atoms with Crippen molar-refractivity contribution in [1.29, 1.82) is 0 Å². The third kappa shape index (κ3) is 5.31. The van der Waals surface area contributed by atoms with Gasteiger partial charge in [0.15, 0.2) is 0 Å². The summed E-state index contributed by atoms with van der Waals surface area (Å²) in [7, 11) is 0. The molecule has 0 aromatic heterocycles. The standard InChI is InChI=1S/C15H24FN/c1-4-5-6-8-12(2)17-13(3)14-9-7-10-15(16)11-14/h7,9-13,17H,4-6,8H2,1-3H3/t12?,13-/m1/s1. The SMILES string of the molecule is CCCCCC(C)N[C@H](C)c1cccc(F)c1. The Kier molecular flexibility index (Phi) is 6.20. The number of hydrogen-bond donors (Lipinski definition) is 1. The summed E-state index contributed by atoms with van der Waals surface area (Å²) in [5.41, 5.74) is 1.02. The van der Waals surface area contributed by atoms with Gasteiger partial charge in [0.1, 0.15) is 5.82 Å². The molecule has 17 heavy (non-hydrogen) atoms. The van der Waals surface area contributed by atoms with Crippen molar-refractivity contribution in [2.75, 3.05) is 0 Å². The molecule has 0 heterocycles. The average molecular weight is 237 g/mol. The third-order valence-corrected chi connectivity index (χ3v) is 3.12. The Bertz CT molecular complexity index is 324. The van der Waals surface area contributed by atoms with Crippen LogP contribution in [0.2, 0.25) is 0 Å². The minimum absolute atomic E-state index is 0.158. The van der Waals surface area contributed by atoms with Crippen molar-refractivity contribution < 1.29 is 4.39 Å². The Labute approximate surface area is 104 Å². The van der Waals surface area contributed by atoms with Crippen molar-refractivity contribution in [2.24, 2.45) is 0 Å². The number of nitrogens with one attached hydrogen (secondary N) is 1. The van der Waals surface area contributed by atoms with Crippen LogP contribution in [0.5, 0.6) is 0 Å². The van der Waals surface area contributed by atoms with E-state index in [1.54, 1.807) is 12.1 Å². The van der Waals surface area contributed by atoms with Crippen LogP contribution < -0.4 is 5.32 Å². The van der Waals surface area contributed by atoms with Crippen molar-refractivity contribution in [3.05, 3.63) is 35.6 Å². The van der Waals surface area contributed by atoms with E-state index < -0.39 is 0 Å². The number of benzene rings is 1. The molecule has 1 aromatic carbocycles. The fourth-order valence-corrected chi connectivity index (χ4v) is 2.08. The summed E-state index contributed by atoms with van der Waals surface area (Å²) in [6.45, 7) is 6.50. The predicted octanol–water partition coefficient (Wildman–Crippen LogP) is 4.45. The minimum Gasteiger partial charge on any atom is -0.308 e. The van der Waals surface area contributed by atoms with Gasteiger partial charge in [-0.25, -0.2) is 4.39 Å². The number of unbranched alkanes of at least 4 members (excludes halogenated alkanes) is 2. The lowest BCUT2D eigenvalue weighted by Crippen LogP contribution is -2.28. The summed E-state index contributed by atoms with van der Waals surface area (Å²) in [4.78, 5) is 0. The zero-order valence-corrected chi connectivity index (χ0v) is 11.2. The van der Waals surface area contributed by atoms with E-state index in [4.69, 9.17) is 0 Å². The van der Waals surface area contributed by atoms with Gasteiger partial charge < -0.3 is 5.32 Å². The molecule has 0 aliphatic heterocycles. The Morgan fingerprint density at radius 1 is 1.24 bits per heavy atom. The van der Waals surface area contributed by atoms with Crippen LogP contribution in [0.1, 0.15) is 58.1 Å². The molecule has 1 N–H and O–H groups in total. The van der Waals surface area contributed by atoms with Gasteiger partial charge in [-0.15, -0.1) is 0 Å². The Hall–Kier alpha value is -0.890. The molecule has 1 rings (SSSR count). The van der Waals surface area contributed by atoms with Crippen molar-refractivity contribution in [3.63, 3.8) is 0 Å². The maximum Gasteiger partial charge on any atom is 0.123 e. The molecule has 0 bridgehead atoms. The molecule has 0 aliphatic carbocycles. The first kappa shape index (κ1) is 14.2. The summed E-state index contributed by atoms with van der Waals surface area (Å²) >= 11 is 0. The van der Waals surface area contributed by atoms with Gasteiger partial charge >= 0.3 is 0 Å². The summed E-state index contributed by atoms with van der Waals surface area (Å²) < 4.78 is 13.1. The van der Waals surface area contributed by atoms with Crippen LogP contribution in [0.4, 0.5) is 4.39 Å². The van der Waals surface area contributed by atoms with Crippen molar-refractivity contribution in [1.82, 2.24) is 5.32 Å². The fraction of sp³-hybridized carbons (Fsp3) is 0.600. The van der Waals surface area contributed by atoms with E-state index in [1.165, 1.54) is 31.7 Å².